The van der Waals surface area contributed by atoms with E-state index in [0.29, 0.717) is 39.1 Å². The molecule has 0 radical (unpaired) electrons. The molecule has 1 aromatic carbocycles. The quantitative estimate of drug-likeness (QED) is 0.705. The number of nitrogens with zero attached hydrogens (tertiary/aromatic N) is 2. The minimum Gasteiger partial charge on any atom is -0.485 e. The minimum absolute atomic E-state index is 0.0286. The summed E-state index contributed by atoms with van der Waals surface area (Å²) < 4.78 is 41.9. The monoisotopic (exact) mass is 422 g/mol. The molecule has 3 aliphatic heterocycles. The van der Waals surface area contributed by atoms with Crippen molar-refractivity contribution in [3.63, 3.8) is 0 Å². The SMILES string of the molecule is O=C(C1CC1)N1CC[C@H](Oc2cc(C3=NOC4(CCOC4)C3)ccc2OC(F)F)C1. The molecule has 0 N–H and O–H groups in total. The summed E-state index contributed by atoms with van der Waals surface area (Å²) in [7, 11) is 0. The third-order valence-corrected chi connectivity index (χ3v) is 6.08. The van der Waals surface area contributed by atoms with Gasteiger partial charge in [0, 0.05) is 37.3 Å². The van der Waals surface area contributed by atoms with Crippen molar-refractivity contribution in [2.45, 2.75) is 50.4 Å². The summed E-state index contributed by atoms with van der Waals surface area (Å²) >= 11 is 0. The van der Waals surface area contributed by atoms with Gasteiger partial charge in [-0.3, -0.25) is 4.79 Å². The van der Waals surface area contributed by atoms with Crippen LogP contribution < -0.4 is 9.47 Å². The molecule has 162 valence electrons. The second kappa shape index (κ2) is 7.68. The van der Waals surface area contributed by atoms with Crippen molar-refractivity contribution in [3.8, 4) is 11.5 Å². The standard InChI is InChI=1S/C21H24F2N2O5/c22-20(23)29-17-4-3-14(16-10-21(30-24-16)6-8-27-12-21)9-18(17)28-15-5-7-25(11-15)19(26)13-1-2-13/h3-4,9,13,15,20H,1-2,5-8,10-12H2/t15-,21?/m0/s1. The number of halogens is 2. The van der Waals surface area contributed by atoms with Crippen molar-refractivity contribution < 1.29 is 32.6 Å². The highest BCUT2D eigenvalue weighted by Gasteiger charge is 2.43. The van der Waals surface area contributed by atoms with Crippen molar-refractivity contribution in [1.82, 2.24) is 4.90 Å². The number of amides is 1. The Hall–Kier alpha value is -2.42. The summed E-state index contributed by atoms with van der Waals surface area (Å²) in [5.41, 5.74) is 1.04. The van der Waals surface area contributed by atoms with E-state index in [0.717, 1.165) is 30.5 Å². The van der Waals surface area contributed by atoms with E-state index < -0.39 is 12.2 Å². The number of likely N-dealkylation sites (tertiary alicyclic amines) is 1. The molecule has 1 aromatic rings. The molecule has 1 unspecified atom stereocenters. The number of hydrogen-bond acceptors (Lipinski definition) is 6. The van der Waals surface area contributed by atoms with Crippen LogP contribution in [0.25, 0.3) is 0 Å². The zero-order chi connectivity index (χ0) is 20.7. The van der Waals surface area contributed by atoms with Gasteiger partial charge in [-0.2, -0.15) is 8.78 Å². The maximum atomic E-state index is 12.9. The Morgan fingerprint density at radius 3 is 2.87 bits per heavy atom. The van der Waals surface area contributed by atoms with Crippen molar-refractivity contribution in [2.75, 3.05) is 26.3 Å². The number of alkyl halides is 2. The molecule has 5 rings (SSSR count). The summed E-state index contributed by atoms with van der Waals surface area (Å²) in [4.78, 5) is 19.7. The molecule has 2 atom stereocenters. The van der Waals surface area contributed by atoms with Gasteiger partial charge in [0.05, 0.1) is 25.5 Å². The Bertz CT molecular complexity index is 852. The van der Waals surface area contributed by atoms with Crippen LogP contribution in [0.2, 0.25) is 0 Å². The van der Waals surface area contributed by atoms with E-state index in [2.05, 4.69) is 9.89 Å². The van der Waals surface area contributed by atoms with Crippen LogP contribution in [0.1, 0.15) is 37.7 Å². The van der Waals surface area contributed by atoms with Crippen molar-refractivity contribution in [1.29, 1.82) is 0 Å². The highest BCUT2D eigenvalue weighted by molar-refractivity contribution is 6.02. The summed E-state index contributed by atoms with van der Waals surface area (Å²) in [6.45, 7) is -0.758. The fourth-order valence-corrected chi connectivity index (χ4v) is 4.24. The average Bonchev–Trinajstić information content (AvgIpc) is 3.12. The van der Waals surface area contributed by atoms with Crippen molar-refractivity contribution in [2.24, 2.45) is 11.1 Å². The molecule has 1 spiro atoms. The first-order chi connectivity index (χ1) is 14.5. The van der Waals surface area contributed by atoms with Gasteiger partial charge < -0.3 is 23.9 Å². The summed E-state index contributed by atoms with van der Waals surface area (Å²) in [6.07, 6.45) is 3.65. The predicted octanol–water partition coefficient (Wildman–Crippen LogP) is 2.96. The summed E-state index contributed by atoms with van der Waals surface area (Å²) in [6, 6.07) is 4.82. The summed E-state index contributed by atoms with van der Waals surface area (Å²) in [5, 5.41) is 4.21. The molecule has 30 heavy (non-hydrogen) atoms. The van der Waals surface area contributed by atoms with E-state index in [9.17, 15) is 13.6 Å². The van der Waals surface area contributed by atoms with Crippen LogP contribution in [-0.2, 0) is 14.4 Å². The second-order valence-corrected chi connectivity index (χ2v) is 8.42. The molecule has 2 saturated heterocycles. The number of hydrogen-bond donors (Lipinski definition) is 0. The zero-order valence-electron chi connectivity index (χ0n) is 16.5. The van der Waals surface area contributed by atoms with Crippen LogP contribution in [0.15, 0.2) is 23.4 Å². The fourth-order valence-electron chi connectivity index (χ4n) is 4.24. The fraction of sp³-hybridized carbons (Fsp3) is 0.619. The van der Waals surface area contributed by atoms with E-state index in [1.54, 1.807) is 17.0 Å². The Morgan fingerprint density at radius 1 is 1.27 bits per heavy atom. The molecule has 9 heteroatoms. The molecular weight excluding hydrogens is 398 g/mol. The Kier molecular flexibility index (Phi) is 5.00. The van der Waals surface area contributed by atoms with Crippen LogP contribution in [-0.4, -0.2) is 61.1 Å². The lowest BCUT2D eigenvalue weighted by molar-refractivity contribution is -0.131. The van der Waals surface area contributed by atoms with E-state index in [1.165, 1.54) is 6.07 Å². The number of benzene rings is 1. The molecule has 0 aromatic heterocycles. The smallest absolute Gasteiger partial charge is 0.387 e. The topological polar surface area (TPSA) is 69.6 Å². The molecule has 1 saturated carbocycles. The molecule has 0 bridgehead atoms. The third kappa shape index (κ3) is 3.95. The first-order valence-corrected chi connectivity index (χ1v) is 10.4. The van der Waals surface area contributed by atoms with Gasteiger partial charge in [0.25, 0.3) is 0 Å². The van der Waals surface area contributed by atoms with Gasteiger partial charge in [-0.25, -0.2) is 0 Å². The second-order valence-electron chi connectivity index (χ2n) is 8.42. The lowest BCUT2D eigenvalue weighted by Gasteiger charge is -2.19. The molecule has 3 fully saturated rings. The normalized spacial score (nSPS) is 28.2. The van der Waals surface area contributed by atoms with Gasteiger partial charge in [-0.05, 0) is 31.0 Å². The number of ether oxygens (including phenoxy) is 3. The number of carbonyl (C=O) groups is 1. The molecule has 1 amide bonds. The minimum atomic E-state index is -2.96. The largest absolute Gasteiger partial charge is 0.485 e. The van der Waals surface area contributed by atoms with E-state index >= 15 is 0 Å². The third-order valence-electron chi connectivity index (χ3n) is 6.08. The van der Waals surface area contributed by atoms with E-state index in [4.69, 9.17) is 14.3 Å². The van der Waals surface area contributed by atoms with E-state index in [-0.39, 0.29) is 29.4 Å². The average molecular weight is 422 g/mol. The Morgan fingerprint density at radius 2 is 2.13 bits per heavy atom. The number of oxime groups is 1. The first-order valence-electron chi connectivity index (χ1n) is 10.4. The maximum Gasteiger partial charge on any atom is 0.387 e. The molecule has 3 heterocycles. The molecule has 4 aliphatic rings. The number of carbonyl (C=O) groups excluding carboxylic acids is 1. The van der Waals surface area contributed by atoms with Gasteiger partial charge in [0.15, 0.2) is 17.1 Å². The van der Waals surface area contributed by atoms with Crippen LogP contribution >= 0.6 is 0 Å². The molecule has 1 aliphatic carbocycles. The Balaban J connectivity index is 1.32. The predicted molar refractivity (Wildman–Crippen MR) is 102 cm³/mol. The van der Waals surface area contributed by atoms with Crippen LogP contribution in [0.5, 0.6) is 11.5 Å². The molecule has 7 nitrogen and oxygen atoms in total. The highest BCUT2D eigenvalue weighted by Crippen LogP contribution is 2.38. The van der Waals surface area contributed by atoms with Gasteiger partial charge in [-0.1, -0.05) is 5.16 Å². The highest BCUT2D eigenvalue weighted by atomic mass is 19.3. The van der Waals surface area contributed by atoms with Gasteiger partial charge >= 0.3 is 6.61 Å². The van der Waals surface area contributed by atoms with E-state index in [1.807, 2.05) is 0 Å². The number of rotatable bonds is 6. The van der Waals surface area contributed by atoms with Crippen LogP contribution in [0.4, 0.5) is 8.78 Å². The van der Waals surface area contributed by atoms with Crippen molar-refractivity contribution in [3.05, 3.63) is 23.8 Å². The first kappa shape index (κ1) is 19.5. The van der Waals surface area contributed by atoms with Crippen LogP contribution in [0.3, 0.4) is 0 Å². The summed E-state index contributed by atoms with van der Waals surface area (Å²) in [5.74, 6) is 0.515. The molecular formula is C21H24F2N2O5. The van der Waals surface area contributed by atoms with Gasteiger partial charge in [0.2, 0.25) is 5.91 Å². The Labute approximate surface area is 172 Å². The lowest BCUT2D eigenvalue weighted by Crippen LogP contribution is -2.32. The van der Waals surface area contributed by atoms with Gasteiger partial charge in [-0.15, -0.1) is 0 Å². The lowest BCUT2D eigenvalue weighted by atomic mass is 9.93. The maximum absolute atomic E-state index is 12.9. The van der Waals surface area contributed by atoms with Crippen LogP contribution in [0, 0.1) is 5.92 Å². The zero-order valence-corrected chi connectivity index (χ0v) is 16.5. The van der Waals surface area contributed by atoms with Crippen molar-refractivity contribution >= 4 is 11.6 Å². The van der Waals surface area contributed by atoms with Gasteiger partial charge in [0.1, 0.15) is 6.10 Å².